The summed E-state index contributed by atoms with van der Waals surface area (Å²) >= 11 is 0. The van der Waals surface area contributed by atoms with Crippen LogP contribution in [0.5, 0.6) is 0 Å². The molecule has 0 radical (unpaired) electrons. The van der Waals surface area contributed by atoms with E-state index in [2.05, 4.69) is 15.6 Å². The van der Waals surface area contributed by atoms with Crippen molar-refractivity contribution in [2.24, 2.45) is 0 Å². The average Bonchev–Trinajstić information content (AvgIpc) is 2.64. The van der Waals surface area contributed by atoms with Gasteiger partial charge in [-0.25, -0.2) is 9.07 Å². The van der Waals surface area contributed by atoms with Gasteiger partial charge in [-0.3, -0.25) is 0 Å². The van der Waals surface area contributed by atoms with Gasteiger partial charge in [-0.1, -0.05) is 5.21 Å². The fraction of sp³-hybridized carbons (Fsp3) is 0.333. The van der Waals surface area contributed by atoms with Gasteiger partial charge in [-0.05, 0) is 30.7 Å². The lowest BCUT2D eigenvalue weighted by atomic mass is 10.1. The van der Waals surface area contributed by atoms with Gasteiger partial charge in [-0.15, -0.1) is 5.10 Å². The maximum atomic E-state index is 13.0. The van der Waals surface area contributed by atoms with Gasteiger partial charge in [0.15, 0.2) is 0 Å². The number of nitrogens with zero attached hydrogens (tertiary/aromatic N) is 3. The Labute approximate surface area is 98.5 Å². The largest absolute Gasteiger partial charge is 0.312 e. The van der Waals surface area contributed by atoms with Crippen LogP contribution in [0.2, 0.25) is 0 Å². The van der Waals surface area contributed by atoms with Crippen molar-refractivity contribution in [3.05, 3.63) is 35.8 Å². The summed E-state index contributed by atoms with van der Waals surface area (Å²) in [6.45, 7) is 3.75. The van der Waals surface area contributed by atoms with Crippen LogP contribution in [0.1, 0.15) is 11.6 Å². The van der Waals surface area contributed by atoms with Crippen molar-refractivity contribution in [3.8, 4) is 11.3 Å². The Morgan fingerprint density at radius 2 is 2.24 bits per heavy atom. The molecule has 1 fully saturated rings. The van der Waals surface area contributed by atoms with E-state index in [1.165, 1.54) is 12.1 Å². The summed E-state index contributed by atoms with van der Waals surface area (Å²) in [6, 6.07) is 5.11. The third-order valence-corrected chi connectivity index (χ3v) is 3.11. The SMILES string of the molecule is Cc1cc(F)ccc1-c1cn(C2CNC2)nn1. The quantitative estimate of drug-likeness (QED) is 0.854. The fourth-order valence-electron chi connectivity index (χ4n) is 1.95. The molecule has 1 aromatic heterocycles. The molecule has 2 heterocycles. The second-order valence-electron chi connectivity index (χ2n) is 4.36. The molecule has 2 aromatic rings. The summed E-state index contributed by atoms with van der Waals surface area (Å²) in [5, 5.41) is 11.4. The number of halogens is 1. The molecule has 3 rings (SSSR count). The summed E-state index contributed by atoms with van der Waals surface area (Å²) < 4.78 is 14.9. The molecule has 1 aromatic carbocycles. The van der Waals surface area contributed by atoms with Crippen molar-refractivity contribution in [3.63, 3.8) is 0 Å². The fourth-order valence-corrected chi connectivity index (χ4v) is 1.95. The molecule has 0 spiro atoms. The molecular weight excluding hydrogens is 219 g/mol. The second-order valence-corrected chi connectivity index (χ2v) is 4.36. The number of rotatable bonds is 2. The standard InChI is InChI=1S/C12H13FN4/c1-8-4-9(13)2-3-11(8)12-7-17(16-15-12)10-5-14-6-10/h2-4,7,10,14H,5-6H2,1H3. The van der Waals surface area contributed by atoms with Gasteiger partial charge in [0.1, 0.15) is 11.5 Å². The maximum absolute atomic E-state index is 13.0. The molecule has 0 unspecified atom stereocenters. The van der Waals surface area contributed by atoms with Crippen molar-refractivity contribution in [2.75, 3.05) is 13.1 Å². The molecule has 0 atom stereocenters. The third-order valence-electron chi connectivity index (χ3n) is 3.11. The Kier molecular flexibility index (Phi) is 2.40. The first kappa shape index (κ1) is 10.4. The minimum absolute atomic E-state index is 0.221. The first-order chi connectivity index (χ1) is 8.24. The molecule has 0 amide bonds. The molecule has 1 saturated heterocycles. The molecule has 17 heavy (non-hydrogen) atoms. The first-order valence-electron chi connectivity index (χ1n) is 5.63. The number of nitrogens with one attached hydrogen (secondary N) is 1. The number of benzene rings is 1. The Bertz CT molecular complexity index is 545. The van der Waals surface area contributed by atoms with Crippen molar-refractivity contribution in [1.82, 2.24) is 20.3 Å². The van der Waals surface area contributed by atoms with Gasteiger partial charge in [0.2, 0.25) is 0 Å². The highest BCUT2D eigenvalue weighted by atomic mass is 19.1. The number of aromatic nitrogens is 3. The van der Waals surface area contributed by atoms with E-state index < -0.39 is 0 Å². The topological polar surface area (TPSA) is 42.7 Å². The Balaban J connectivity index is 1.94. The zero-order chi connectivity index (χ0) is 11.8. The molecule has 5 heteroatoms. The van der Waals surface area contributed by atoms with Gasteiger partial charge in [0.05, 0.1) is 12.2 Å². The van der Waals surface area contributed by atoms with E-state index in [1.807, 2.05) is 17.8 Å². The summed E-state index contributed by atoms with van der Waals surface area (Å²) in [4.78, 5) is 0. The van der Waals surface area contributed by atoms with Crippen molar-refractivity contribution >= 4 is 0 Å². The van der Waals surface area contributed by atoms with Gasteiger partial charge in [0.25, 0.3) is 0 Å². The van der Waals surface area contributed by atoms with Gasteiger partial charge in [0, 0.05) is 18.7 Å². The van der Waals surface area contributed by atoms with Crippen LogP contribution in [0.25, 0.3) is 11.3 Å². The molecule has 1 N–H and O–H groups in total. The molecule has 88 valence electrons. The Morgan fingerprint density at radius 3 is 2.88 bits per heavy atom. The van der Waals surface area contributed by atoms with Gasteiger partial charge in [-0.2, -0.15) is 0 Å². The van der Waals surface area contributed by atoms with Crippen LogP contribution in [0, 0.1) is 12.7 Å². The molecular formula is C12H13FN4. The van der Waals surface area contributed by atoms with Gasteiger partial charge < -0.3 is 5.32 Å². The zero-order valence-corrected chi connectivity index (χ0v) is 9.52. The summed E-state index contributed by atoms with van der Waals surface area (Å²) in [5.41, 5.74) is 2.61. The van der Waals surface area contributed by atoms with E-state index in [0.717, 1.165) is 29.9 Å². The lowest BCUT2D eigenvalue weighted by molar-refractivity contribution is 0.313. The Morgan fingerprint density at radius 1 is 1.41 bits per heavy atom. The smallest absolute Gasteiger partial charge is 0.123 e. The predicted molar refractivity (Wildman–Crippen MR) is 62.1 cm³/mol. The van der Waals surface area contributed by atoms with Crippen LogP contribution in [0.15, 0.2) is 24.4 Å². The van der Waals surface area contributed by atoms with E-state index >= 15 is 0 Å². The highest BCUT2D eigenvalue weighted by Gasteiger charge is 2.20. The zero-order valence-electron chi connectivity index (χ0n) is 9.52. The summed E-state index contributed by atoms with van der Waals surface area (Å²) in [6.07, 6.45) is 1.92. The highest BCUT2D eigenvalue weighted by Crippen LogP contribution is 2.22. The third kappa shape index (κ3) is 1.82. The van der Waals surface area contributed by atoms with E-state index in [9.17, 15) is 4.39 Å². The van der Waals surface area contributed by atoms with Crippen molar-refractivity contribution < 1.29 is 4.39 Å². The van der Waals surface area contributed by atoms with E-state index in [1.54, 1.807) is 6.07 Å². The number of hydrogen-bond acceptors (Lipinski definition) is 3. The summed E-state index contributed by atoms with van der Waals surface area (Å²) in [7, 11) is 0. The molecule has 0 saturated carbocycles. The molecule has 4 nitrogen and oxygen atoms in total. The second kappa shape index (κ2) is 3.92. The van der Waals surface area contributed by atoms with Crippen LogP contribution in [-0.2, 0) is 0 Å². The highest BCUT2D eigenvalue weighted by molar-refractivity contribution is 5.62. The average molecular weight is 232 g/mol. The van der Waals surface area contributed by atoms with Crippen molar-refractivity contribution in [1.29, 1.82) is 0 Å². The molecule has 1 aliphatic heterocycles. The minimum atomic E-state index is -0.221. The van der Waals surface area contributed by atoms with Crippen molar-refractivity contribution in [2.45, 2.75) is 13.0 Å². The maximum Gasteiger partial charge on any atom is 0.123 e. The van der Waals surface area contributed by atoms with E-state index in [-0.39, 0.29) is 5.82 Å². The van der Waals surface area contributed by atoms with Crippen LogP contribution >= 0.6 is 0 Å². The van der Waals surface area contributed by atoms with Crippen LogP contribution in [0.4, 0.5) is 4.39 Å². The van der Waals surface area contributed by atoms with Crippen LogP contribution in [-0.4, -0.2) is 28.1 Å². The van der Waals surface area contributed by atoms with E-state index in [0.29, 0.717) is 6.04 Å². The minimum Gasteiger partial charge on any atom is -0.312 e. The number of aryl methyl sites for hydroxylation is 1. The first-order valence-corrected chi connectivity index (χ1v) is 5.63. The molecule has 0 aliphatic carbocycles. The Hall–Kier alpha value is -1.75. The van der Waals surface area contributed by atoms with Gasteiger partial charge >= 0.3 is 0 Å². The molecule has 0 bridgehead atoms. The van der Waals surface area contributed by atoms with Crippen LogP contribution in [0.3, 0.4) is 0 Å². The lowest BCUT2D eigenvalue weighted by Crippen LogP contribution is -2.43. The normalized spacial score (nSPS) is 15.9. The predicted octanol–water partition coefficient (Wildman–Crippen LogP) is 1.54. The number of hydrogen-bond donors (Lipinski definition) is 1. The van der Waals surface area contributed by atoms with E-state index in [4.69, 9.17) is 0 Å². The summed E-state index contributed by atoms with van der Waals surface area (Å²) in [5.74, 6) is -0.221. The monoisotopic (exact) mass is 232 g/mol. The molecule has 1 aliphatic rings. The van der Waals surface area contributed by atoms with Crippen LogP contribution < -0.4 is 5.32 Å². The lowest BCUT2D eigenvalue weighted by Gasteiger charge is -2.26.